The molecule has 4 heteroatoms. The van der Waals surface area contributed by atoms with Crippen LogP contribution in [0.15, 0.2) is 24.3 Å². The number of carbonyl (C=O) groups is 1. The van der Waals surface area contributed by atoms with E-state index in [0.29, 0.717) is 5.75 Å². The summed E-state index contributed by atoms with van der Waals surface area (Å²) in [7, 11) is 1.40. The summed E-state index contributed by atoms with van der Waals surface area (Å²) in [6.45, 7) is 0. The molecule has 0 aliphatic carbocycles. The van der Waals surface area contributed by atoms with E-state index < -0.39 is 11.8 Å². The zero-order chi connectivity index (χ0) is 10.6. The summed E-state index contributed by atoms with van der Waals surface area (Å²) < 4.78 is 18.0. The maximum Gasteiger partial charge on any atom is 0.328 e. The molecule has 0 saturated heterocycles. The molecule has 0 amide bonds. The molecular weight excluding hydrogens is 187 g/mol. The first-order chi connectivity index (χ1) is 6.65. The van der Waals surface area contributed by atoms with Crippen molar-refractivity contribution < 1.29 is 19.0 Å². The van der Waals surface area contributed by atoms with E-state index in [0.717, 1.165) is 12.2 Å². The molecule has 0 bridgehead atoms. The lowest BCUT2D eigenvalue weighted by Crippen LogP contribution is -1.92. The fraction of sp³-hybridized carbons (Fsp3) is 0.100. The van der Waals surface area contributed by atoms with Crippen LogP contribution < -0.4 is 4.74 Å². The molecule has 14 heavy (non-hydrogen) atoms. The largest absolute Gasteiger partial charge is 0.496 e. The summed E-state index contributed by atoms with van der Waals surface area (Å²) in [5, 5.41) is 8.38. The predicted molar refractivity (Wildman–Crippen MR) is 49.6 cm³/mol. The minimum Gasteiger partial charge on any atom is -0.496 e. The molecule has 74 valence electrons. The molecule has 0 unspecified atom stereocenters. The van der Waals surface area contributed by atoms with Gasteiger partial charge in [-0.3, -0.25) is 0 Å². The van der Waals surface area contributed by atoms with Gasteiger partial charge in [0.25, 0.3) is 0 Å². The van der Waals surface area contributed by atoms with Crippen molar-refractivity contribution in [1.29, 1.82) is 0 Å². The van der Waals surface area contributed by atoms with Crippen LogP contribution in [0.1, 0.15) is 5.56 Å². The van der Waals surface area contributed by atoms with Gasteiger partial charge >= 0.3 is 5.97 Å². The number of ether oxygens (including phenoxy) is 1. The number of aliphatic carboxylic acids is 1. The maximum absolute atomic E-state index is 13.2. The SMILES string of the molecule is COc1cccc(F)c1C=CC(=O)O. The summed E-state index contributed by atoms with van der Waals surface area (Å²) in [6, 6.07) is 4.29. The highest BCUT2D eigenvalue weighted by Crippen LogP contribution is 2.22. The van der Waals surface area contributed by atoms with Crippen LogP contribution in [-0.2, 0) is 4.79 Å². The molecule has 1 aromatic rings. The van der Waals surface area contributed by atoms with Crippen LogP contribution in [0.25, 0.3) is 6.08 Å². The molecule has 0 aliphatic heterocycles. The standard InChI is InChI=1S/C10H9FO3/c1-14-9-4-2-3-8(11)7(9)5-6-10(12)13/h2-6H,1H3,(H,12,13). The lowest BCUT2D eigenvalue weighted by atomic mass is 10.1. The Kier molecular flexibility index (Phi) is 3.23. The van der Waals surface area contributed by atoms with Crippen molar-refractivity contribution in [1.82, 2.24) is 0 Å². The van der Waals surface area contributed by atoms with Gasteiger partial charge in [0, 0.05) is 6.08 Å². The van der Waals surface area contributed by atoms with Crippen LogP contribution in [0.3, 0.4) is 0 Å². The van der Waals surface area contributed by atoms with E-state index in [-0.39, 0.29) is 5.56 Å². The Labute approximate surface area is 80.4 Å². The lowest BCUT2D eigenvalue weighted by molar-refractivity contribution is -0.131. The summed E-state index contributed by atoms with van der Waals surface area (Å²) in [5.74, 6) is -1.33. The second kappa shape index (κ2) is 4.41. The van der Waals surface area contributed by atoms with Crippen molar-refractivity contribution in [2.24, 2.45) is 0 Å². The first kappa shape index (κ1) is 10.2. The van der Waals surface area contributed by atoms with Gasteiger partial charge in [0.1, 0.15) is 11.6 Å². The summed E-state index contributed by atoms with van der Waals surface area (Å²) in [6.07, 6.45) is 2.03. The third kappa shape index (κ3) is 2.32. The number of benzene rings is 1. The lowest BCUT2D eigenvalue weighted by Gasteiger charge is -2.04. The fourth-order valence-corrected chi connectivity index (χ4v) is 1.01. The number of methoxy groups -OCH3 is 1. The number of carboxylic acid groups (broad SMARTS) is 1. The predicted octanol–water partition coefficient (Wildman–Crippen LogP) is 1.93. The van der Waals surface area contributed by atoms with Gasteiger partial charge in [0.05, 0.1) is 12.7 Å². The molecule has 0 aliphatic rings. The number of hydrogen-bond acceptors (Lipinski definition) is 2. The van der Waals surface area contributed by atoms with E-state index in [2.05, 4.69) is 0 Å². The average molecular weight is 196 g/mol. The van der Waals surface area contributed by atoms with E-state index in [1.54, 1.807) is 6.07 Å². The topological polar surface area (TPSA) is 46.5 Å². The van der Waals surface area contributed by atoms with Crippen molar-refractivity contribution >= 4 is 12.0 Å². The number of hydrogen-bond donors (Lipinski definition) is 1. The molecular formula is C10H9FO3. The van der Waals surface area contributed by atoms with E-state index in [4.69, 9.17) is 9.84 Å². The van der Waals surface area contributed by atoms with Crippen LogP contribution in [0.5, 0.6) is 5.75 Å². The van der Waals surface area contributed by atoms with Crippen LogP contribution >= 0.6 is 0 Å². The van der Waals surface area contributed by atoms with Crippen LogP contribution in [0.4, 0.5) is 4.39 Å². The third-order valence-corrected chi connectivity index (χ3v) is 1.63. The average Bonchev–Trinajstić information content (AvgIpc) is 2.15. The van der Waals surface area contributed by atoms with Gasteiger partial charge in [0.15, 0.2) is 0 Å². The molecule has 0 radical (unpaired) electrons. The molecule has 1 N–H and O–H groups in total. The first-order valence-corrected chi connectivity index (χ1v) is 3.88. The Hall–Kier alpha value is -1.84. The van der Waals surface area contributed by atoms with Crippen LogP contribution in [0, 0.1) is 5.82 Å². The van der Waals surface area contributed by atoms with Crippen molar-refractivity contribution in [2.75, 3.05) is 7.11 Å². The first-order valence-electron chi connectivity index (χ1n) is 3.88. The van der Waals surface area contributed by atoms with Crippen molar-refractivity contribution in [3.8, 4) is 5.75 Å². The molecule has 1 aromatic carbocycles. The van der Waals surface area contributed by atoms with Crippen LogP contribution in [0.2, 0.25) is 0 Å². The Morgan fingerprint density at radius 2 is 2.29 bits per heavy atom. The number of carboxylic acids is 1. The van der Waals surface area contributed by atoms with Gasteiger partial charge in [-0.05, 0) is 18.2 Å². The zero-order valence-corrected chi connectivity index (χ0v) is 7.53. The minimum atomic E-state index is -1.13. The van der Waals surface area contributed by atoms with Gasteiger partial charge in [-0.15, -0.1) is 0 Å². The Morgan fingerprint density at radius 1 is 1.57 bits per heavy atom. The summed E-state index contributed by atoms with van der Waals surface area (Å²) in [5.41, 5.74) is 0.136. The molecule has 3 nitrogen and oxygen atoms in total. The Balaban J connectivity index is 3.11. The monoisotopic (exact) mass is 196 g/mol. The Bertz CT molecular complexity index is 372. The molecule has 0 atom stereocenters. The molecule has 0 fully saturated rings. The second-order valence-corrected chi connectivity index (χ2v) is 2.53. The van der Waals surface area contributed by atoms with Crippen molar-refractivity contribution in [3.63, 3.8) is 0 Å². The molecule has 1 rings (SSSR count). The van der Waals surface area contributed by atoms with Gasteiger partial charge < -0.3 is 9.84 Å². The normalized spacial score (nSPS) is 10.4. The van der Waals surface area contributed by atoms with Crippen molar-refractivity contribution in [2.45, 2.75) is 0 Å². The van der Waals surface area contributed by atoms with Crippen LogP contribution in [-0.4, -0.2) is 18.2 Å². The molecule has 0 spiro atoms. The highest BCUT2D eigenvalue weighted by molar-refractivity contribution is 5.85. The second-order valence-electron chi connectivity index (χ2n) is 2.53. The summed E-state index contributed by atoms with van der Waals surface area (Å²) >= 11 is 0. The smallest absolute Gasteiger partial charge is 0.328 e. The van der Waals surface area contributed by atoms with E-state index in [1.165, 1.54) is 19.2 Å². The summed E-state index contributed by atoms with van der Waals surface area (Å²) in [4.78, 5) is 10.2. The highest BCUT2D eigenvalue weighted by atomic mass is 19.1. The Morgan fingerprint density at radius 3 is 2.86 bits per heavy atom. The zero-order valence-electron chi connectivity index (χ0n) is 7.53. The number of halogens is 1. The maximum atomic E-state index is 13.2. The number of rotatable bonds is 3. The molecule has 0 heterocycles. The quantitative estimate of drug-likeness (QED) is 0.751. The van der Waals surface area contributed by atoms with E-state index in [9.17, 15) is 9.18 Å². The molecule has 0 saturated carbocycles. The van der Waals surface area contributed by atoms with Gasteiger partial charge in [-0.1, -0.05) is 6.07 Å². The third-order valence-electron chi connectivity index (χ3n) is 1.63. The van der Waals surface area contributed by atoms with Gasteiger partial charge in [-0.25, -0.2) is 9.18 Å². The van der Waals surface area contributed by atoms with Gasteiger partial charge in [-0.2, -0.15) is 0 Å². The fourth-order valence-electron chi connectivity index (χ4n) is 1.01. The molecule has 0 aromatic heterocycles. The van der Waals surface area contributed by atoms with E-state index >= 15 is 0 Å². The van der Waals surface area contributed by atoms with Gasteiger partial charge in [0.2, 0.25) is 0 Å². The van der Waals surface area contributed by atoms with Crippen molar-refractivity contribution in [3.05, 3.63) is 35.7 Å². The minimum absolute atomic E-state index is 0.136. The highest BCUT2D eigenvalue weighted by Gasteiger charge is 2.05. The van der Waals surface area contributed by atoms with E-state index in [1.807, 2.05) is 0 Å².